The summed E-state index contributed by atoms with van der Waals surface area (Å²) in [5.41, 5.74) is 6.72. The first-order valence-corrected chi connectivity index (χ1v) is 8.76. The van der Waals surface area contributed by atoms with Crippen LogP contribution in [-0.2, 0) is 19.1 Å². The predicted octanol–water partition coefficient (Wildman–Crippen LogP) is 1.49. The first kappa shape index (κ1) is 21.4. The van der Waals surface area contributed by atoms with E-state index in [-0.39, 0.29) is 6.54 Å². The molecule has 0 aliphatic carbocycles. The molecule has 0 unspecified atom stereocenters. The van der Waals surface area contributed by atoms with Crippen molar-refractivity contribution in [1.82, 2.24) is 5.32 Å². The molecular formula is C21H21N3O5. The van der Waals surface area contributed by atoms with Crippen LogP contribution in [0.25, 0.3) is 6.08 Å². The fourth-order valence-electron chi connectivity index (χ4n) is 2.21. The zero-order valence-corrected chi connectivity index (χ0v) is 15.8. The number of ether oxygens (including phenoxy) is 1. The molecule has 0 bridgehead atoms. The van der Waals surface area contributed by atoms with E-state index in [1.807, 2.05) is 30.3 Å². The quantitative estimate of drug-likeness (QED) is 0.461. The molecule has 3 amide bonds. The molecular weight excluding hydrogens is 374 g/mol. The van der Waals surface area contributed by atoms with Crippen LogP contribution < -0.4 is 16.4 Å². The van der Waals surface area contributed by atoms with Gasteiger partial charge in [-0.05, 0) is 42.8 Å². The van der Waals surface area contributed by atoms with Gasteiger partial charge in [0.2, 0.25) is 11.8 Å². The summed E-state index contributed by atoms with van der Waals surface area (Å²) >= 11 is 0. The number of amides is 3. The topological polar surface area (TPSA) is 128 Å². The fraction of sp³-hybridized carbons (Fsp3) is 0.143. The van der Waals surface area contributed by atoms with Gasteiger partial charge in [0.05, 0.1) is 0 Å². The highest BCUT2D eigenvalue weighted by Crippen LogP contribution is 2.10. The van der Waals surface area contributed by atoms with Gasteiger partial charge >= 0.3 is 5.97 Å². The van der Waals surface area contributed by atoms with E-state index in [0.717, 1.165) is 5.56 Å². The maximum atomic E-state index is 12.1. The molecule has 8 nitrogen and oxygen atoms in total. The summed E-state index contributed by atoms with van der Waals surface area (Å²) in [4.78, 5) is 46.7. The van der Waals surface area contributed by atoms with Crippen LogP contribution in [0.2, 0.25) is 0 Å². The largest absolute Gasteiger partial charge is 0.451 e. The highest BCUT2D eigenvalue weighted by atomic mass is 16.5. The molecule has 29 heavy (non-hydrogen) atoms. The number of nitrogens with one attached hydrogen (secondary N) is 2. The van der Waals surface area contributed by atoms with Gasteiger partial charge in [-0.1, -0.05) is 30.3 Å². The van der Waals surface area contributed by atoms with Crippen molar-refractivity contribution in [1.29, 1.82) is 0 Å². The summed E-state index contributed by atoms with van der Waals surface area (Å²) in [6.45, 7) is 1.03. The SMILES string of the molecule is C[C@@H](OC(=O)CNC(=O)/C=C/c1ccccc1)C(=O)Nc1ccc(C(N)=O)cc1. The lowest BCUT2D eigenvalue weighted by atomic mass is 10.2. The van der Waals surface area contributed by atoms with Crippen LogP contribution in [-0.4, -0.2) is 36.3 Å². The lowest BCUT2D eigenvalue weighted by molar-refractivity contribution is -0.152. The summed E-state index contributed by atoms with van der Waals surface area (Å²) < 4.78 is 5.00. The van der Waals surface area contributed by atoms with E-state index in [9.17, 15) is 19.2 Å². The maximum absolute atomic E-state index is 12.1. The van der Waals surface area contributed by atoms with Crippen molar-refractivity contribution in [3.05, 3.63) is 71.8 Å². The lowest BCUT2D eigenvalue weighted by Gasteiger charge is -2.13. The Bertz CT molecular complexity index is 908. The second kappa shape index (κ2) is 10.4. The number of carbonyl (C=O) groups is 4. The molecule has 0 heterocycles. The molecule has 2 aromatic carbocycles. The third-order valence-electron chi connectivity index (χ3n) is 3.75. The van der Waals surface area contributed by atoms with Crippen LogP contribution in [0.4, 0.5) is 5.69 Å². The number of benzene rings is 2. The Morgan fingerprint density at radius 2 is 1.69 bits per heavy atom. The number of carbonyl (C=O) groups excluding carboxylic acids is 4. The number of primary amides is 1. The van der Waals surface area contributed by atoms with Crippen LogP contribution >= 0.6 is 0 Å². The predicted molar refractivity (Wildman–Crippen MR) is 108 cm³/mol. The molecule has 0 aliphatic heterocycles. The molecule has 1 atom stereocenters. The number of hydrogen-bond acceptors (Lipinski definition) is 5. The Morgan fingerprint density at radius 1 is 1.03 bits per heavy atom. The molecule has 0 saturated carbocycles. The highest BCUT2D eigenvalue weighted by molar-refractivity contribution is 5.97. The molecule has 0 spiro atoms. The number of hydrogen-bond donors (Lipinski definition) is 3. The maximum Gasteiger partial charge on any atom is 0.326 e. The normalized spacial score (nSPS) is 11.5. The van der Waals surface area contributed by atoms with Gasteiger partial charge in [0, 0.05) is 17.3 Å². The number of anilines is 1. The number of rotatable bonds is 8. The summed E-state index contributed by atoms with van der Waals surface area (Å²) in [6.07, 6.45) is 1.84. The summed E-state index contributed by atoms with van der Waals surface area (Å²) in [6, 6.07) is 15.2. The standard InChI is InChI=1S/C21H21N3O5/c1-14(21(28)24-17-10-8-16(9-11-17)20(22)27)29-19(26)13-23-18(25)12-7-15-5-3-2-4-6-15/h2-12,14H,13H2,1H3,(H2,22,27)(H,23,25)(H,24,28)/b12-7+/t14-/m1/s1. The van der Waals surface area contributed by atoms with Gasteiger partial charge in [-0.2, -0.15) is 0 Å². The fourth-order valence-corrected chi connectivity index (χ4v) is 2.21. The van der Waals surface area contributed by atoms with E-state index in [4.69, 9.17) is 10.5 Å². The van der Waals surface area contributed by atoms with Crippen molar-refractivity contribution in [3.63, 3.8) is 0 Å². The Labute approximate surface area is 167 Å². The van der Waals surface area contributed by atoms with Gasteiger partial charge in [0.15, 0.2) is 6.10 Å². The molecule has 0 saturated heterocycles. The average Bonchev–Trinajstić information content (AvgIpc) is 2.71. The Balaban J connectivity index is 1.76. The average molecular weight is 395 g/mol. The second-order valence-corrected chi connectivity index (χ2v) is 6.02. The van der Waals surface area contributed by atoms with E-state index >= 15 is 0 Å². The van der Waals surface area contributed by atoms with Crippen LogP contribution in [0, 0.1) is 0 Å². The van der Waals surface area contributed by atoms with E-state index in [2.05, 4.69) is 10.6 Å². The van der Waals surface area contributed by atoms with Gasteiger partial charge in [-0.25, -0.2) is 0 Å². The van der Waals surface area contributed by atoms with E-state index in [1.54, 1.807) is 6.08 Å². The third kappa shape index (κ3) is 7.30. The van der Waals surface area contributed by atoms with Gasteiger partial charge < -0.3 is 21.1 Å². The molecule has 2 aromatic rings. The van der Waals surface area contributed by atoms with Crippen LogP contribution in [0.1, 0.15) is 22.8 Å². The first-order chi connectivity index (χ1) is 13.8. The highest BCUT2D eigenvalue weighted by Gasteiger charge is 2.18. The zero-order chi connectivity index (χ0) is 21.2. The summed E-state index contributed by atoms with van der Waals surface area (Å²) in [7, 11) is 0. The van der Waals surface area contributed by atoms with Crippen LogP contribution in [0.3, 0.4) is 0 Å². The molecule has 2 rings (SSSR count). The number of esters is 1. The molecule has 4 N–H and O–H groups in total. The minimum atomic E-state index is -1.07. The summed E-state index contributed by atoms with van der Waals surface area (Å²) in [5, 5.41) is 4.94. The van der Waals surface area contributed by atoms with Gasteiger partial charge in [0.1, 0.15) is 6.54 Å². The molecule has 0 aliphatic rings. The Morgan fingerprint density at radius 3 is 2.31 bits per heavy atom. The Hall–Kier alpha value is -3.94. The molecule has 0 fully saturated rings. The molecule has 150 valence electrons. The van der Waals surface area contributed by atoms with Crippen molar-refractivity contribution in [2.24, 2.45) is 5.73 Å². The van der Waals surface area contributed by atoms with E-state index < -0.39 is 29.8 Å². The molecule has 0 radical (unpaired) electrons. The van der Waals surface area contributed by atoms with Crippen molar-refractivity contribution in [2.75, 3.05) is 11.9 Å². The van der Waals surface area contributed by atoms with Gasteiger partial charge in [-0.15, -0.1) is 0 Å². The smallest absolute Gasteiger partial charge is 0.326 e. The first-order valence-electron chi connectivity index (χ1n) is 8.76. The van der Waals surface area contributed by atoms with Crippen molar-refractivity contribution >= 4 is 35.5 Å². The molecule has 0 aromatic heterocycles. The molecule has 8 heteroatoms. The van der Waals surface area contributed by atoms with Crippen LogP contribution in [0.15, 0.2) is 60.7 Å². The third-order valence-corrected chi connectivity index (χ3v) is 3.75. The van der Waals surface area contributed by atoms with Gasteiger partial charge in [-0.3, -0.25) is 19.2 Å². The van der Waals surface area contributed by atoms with E-state index in [1.165, 1.54) is 37.3 Å². The minimum Gasteiger partial charge on any atom is -0.451 e. The van der Waals surface area contributed by atoms with Gasteiger partial charge in [0.25, 0.3) is 5.91 Å². The number of nitrogens with two attached hydrogens (primary N) is 1. The van der Waals surface area contributed by atoms with Crippen molar-refractivity contribution in [2.45, 2.75) is 13.0 Å². The van der Waals surface area contributed by atoms with Crippen LogP contribution in [0.5, 0.6) is 0 Å². The van der Waals surface area contributed by atoms with Crippen molar-refractivity contribution < 1.29 is 23.9 Å². The monoisotopic (exact) mass is 395 g/mol. The Kier molecular flexibility index (Phi) is 7.67. The summed E-state index contributed by atoms with van der Waals surface area (Å²) in [5.74, 6) is -2.35. The second-order valence-electron chi connectivity index (χ2n) is 6.02. The van der Waals surface area contributed by atoms with E-state index in [0.29, 0.717) is 11.3 Å². The lowest BCUT2D eigenvalue weighted by Crippen LogP contribution is -2.35. The zero-order valence-electron chi connectivity index (χ0n) is 15.8. The van der Waals surface area contributed by atoms with Crippen molar-refractivity contribution in [3.8, 4) is 0 Å². The minimum absolute atomic E-state index is 0.305.